The molecule has 1 atom stereocenters. The second kappa shape index (κ2) is 7.77. The fraction of sp³-hybridized carbons (Fsp3) is 0.471. The van der Waals surface area contributed by atoms with Crippen LogP contribution in [0.3, 0.4) is 0 Å². The summed E-state index contributed by atoms with van der Waals surface area (Å²) >= 11 is 2.95. The third-order valence-corrected chi connectivity index (χ3v) is 7.75. The third kappa shape index (κ3) is 4.17. The van der Waals surface area contributed by atoms with E-state index >= 15 is 0 Å². The standard InChI is InChI=1S/C17H22N2O4S3/c1-26(22,23)19-7-4-13(5-8-19)16(20)18-12-17(21,14-6-10-24-11-14)15-3-2-9-25-15/h2-3,6,9-11,13,21H,4-5,7-8,12H2,1H3,(H,18,20)/t17-/m1/s1. The van der Waals surface area contributed by atoms with Crippen molar-refractivity contribution in [2.75, 3.05) is 25.9 Å². The van der Waals surface area contributed by atoms with Gasteiger partial charge in [0.2, 0.25) is 15.9 Å². The number of nitrogens with one attached hydrogen (secondary N) is 1. The molecule has 1 fully saturated rings. The van der Waals surface area contributed by atoms with Gasteiger partial charge in [0.05, 0.1) is 12.8 Å². The molecule has 1 amide bonds. The molecule has 142 valence electrons. The average Bonchev–Trinajstić information content (AvgIpc) is 3.32. The van der Waals surface area contributed by atoms with Crippen LogP contribution in [0.4, 0.5) is 0 Å². The van der Waals surface area contributed by atoms with Crippen molar-refractivity contribution in [2.45, 2.75) is 18.4 Å². The molecular weight excluding hydrogens is 392 g/mol. The Kier molecular flexibility index (Phi) is 5.83. The van der Waals surface area contributed by atoms with E-state index in [1.165, 1.54) is 33.2 Å². The Labute approximate surface area is 161 Å². The van der Waals surface area contributed by atoms with Gasteiger partial charge in [-0.15, -0.1) is 11.3 Å². The Balaban J connectivity index is 1.64. The van der Waals surface area contributed by atoms with Crippen LogP contribution in [0, 0.1) is 5.92 Å². The number of thiophene rings is 2. The van der Waals surface area contributed by atoms with Gasteiger partial charge in [0, 0.05) is 29.4 Å². The van der Waals surface area contributed by atoms with Crippen LogP contribution >= 0.6 is 22.7 Å². The van der Waals surface area contributed by atoms with Gasteiger partial charge in [-0.3, -0.25) is 4.79 Å². The molecule has 0 saturated carbocycles. The highest BCUT2D eigenvalue weighted by atomic mass is 32.2. The number of hydrogen-bond donors (Lipinski definition) is 2. The van der Waals surface area contributed by atoms with Crippen molar-refractivity contribution < 1.29 is 18.3 Å². The number of rotatable bonds is 6. The summed E-state index contributed by atoms with van der Waals surface area (Å²) in [5, 5.41) is 19.8. The van der Waals surface area contributed by atoms with Crippen LogP contribution in [0.25, 0.3) is 0 Å². The van der Waals surface area contributed by atoms with Crippen molar-refractivity contribution in [1.29, 1.82) is 0 Å². The first-order chi connectivity index (χ1) is 12.3. The van der Waals surface area contributed by atoms with Gasteiger partial charge in [-0.1, -0.05) is 6.07 Å². The van der Waals surface area contributed by atoms with E-state index in [9.17, 15) is 18.3 Å². The summed E-state index contributed by atoms with van der Waals surface area (Å²) in [7, 11) is -3.21. The Morgan fingerprint density at radius 1 is 1.35 bits per heavy atom. The summed E-state index contributed by atoms with van der Waals surface area (Å²) in [4.78, 5) is 13.3. The largest absolute Gasteiger partial charge is 0.378 e. The maximum atomic E-state index is 12.6. The molecule has 0 radical (unpaired) electrons. The number of amides is 1. The molecule has 0 bridgehead atoms. The zero-order valence-electron chi connectivity index (χ0n) is 14.4. The molecule has 9 heteroatoms. The van der Waals surface area contributed by atoms with Gasteiger partial charge in [0.1, 0.15) is 5.60 Å². The van der Waals surface area contributed by atoms with Gasteiger partial charge in [0.25, 0.3) is 0 Å². The molecule has 0 aliphatic carbocycles. The molecule has 1 aliphatic heterocycles. The Hall–Kier alpha value is -1.26. The molecule has 2 aromatic rings. The van der Waals surface area contributed by atoms with Crippen molar-refractivity contribution in [3.05, 3.63) is 44.8 Å². The van der Waals surface area contributed by atoms with Gasteiger partial charge < -0.3 is 10.4 Å². The van der Waals surface area contributed by atoms with E-state index in [-0.39, 0.29) is 18.4 Å². The first kappa shape index (κ1) is 19.5. The van der Waals surface area contributed by atoms with E-state index in [1.807, 2.05) is 34.3 Å². The van der Waals surface area contributed by atoms with Crippen molar-refractivity contribution in [2.24, 2.45) is 5.92 Å². The summed E-state index contributed by atoms with van der Waals surface area (Å²) in [5.41, 5.74) is -0.491. The molecule has 1 saturated heterocycles. The number of sulfonamides is 1. The lowest BCUT2D eigenvalue weighted by Gasteiger charge is -2.31. The van der Waals surface area contributed by atoms with E-state index in [2.05, 4.69) is 5.32 Å². The SMILES string of the molecule is CS(=O)(=O)N1CCC(C(=O)NC[C@@](O)(c2ccsc2)c2cccs2)CC1. The molecular formula is C17H22N2O4S3. The van der Waals surface area contributed by atoms with Crippen LogP contribution in [0.1, 0.15) is 23.3 Å². The van der Waals surface area contributed by atoms with E-state index < -0.39 is 15.6 Å². The normalized spacial score (nSPS) is 19.2. The summed E-state index contributed by atoms with van der Waals surface area (Å²) < 4.78 is 24.6. The van der Waals surface area contributed by atoms with Crippen LogP contribution in [0.15, 0.2) is 34.3 Å². The quantitative estimate of drug-likeness (QED) is 0.755. The van der Waals surface area contributed by atoms with Crippen LogP contribution in [0.2, 0.25) is 0 Å². The van der Waals surface area contributed by atoms with Crippen LogP contribution in [0.5, 0.6) is 0 Å². The number of hydrogen-bond acceptors (Lipinski definition) is 6. The second-order valence-electron chi connectivity index (χ2n) is 6.50. The summed E-state index contributed by atoms with van der Waals surface area (Å²) in [6.45, 7) is 0.808. The summed E-state index contributed by atoms with van der Waals surface area (Å²) in [6.07, 6.45) is 2.18. The average molecular weight is 415 g/mol. The molecule has 0 spiro atoms. The molecule has 2 aromatic heterocycles. The minimum Gasteiger partial charge on any atom is -0.378 e. The van der Waals surface area contributed by atoms with Crippen LogP contribution in [-0.2, 0) is 20.4 Å². The lowest BCUT2D eigenvalue weighted by molar-refractivity contribution is -0.127. The van der Waals surface area contributed by atoms with Gasteiger partial charge in [0.15, 0.2) is 0 Å². The molecule has 0 unspecified atom stereocenters. The lowest BCUT2D eigenvalue weighted by Crippen LogP contribution is -2.46. The molecule has 1 aliphatic rings. The van der Waals surface area contributed by atoms with Crippen molar-refractivity contribution in [3.63, 3.8) is 0 Å². The molecule has 26 heavy (non-hydrogen) atoms. The zero-order valence-corrected chi connectivity index (χ0v) is 16.9. The first-order valence-electron chi connectivity index (χ1n) is 8.32. The number of nitrogens with zero attached hydrogens (tertiary/aromatic N) is 1. The predicted octanol–water partition coefficient (Wildman–Crippen LogP) is 1.83. The highest BCUT2D eigenvalue weighted by Crippen LogP contribution is 2.33. The lowest BCUT2D eigenvalue weighted by atomic mass is 9.93. The topological polar surface area (TPSA) is 86.7 Å². The van der Waals surface area contributed by atoms with Crippen molar-refractivity contribution >= 4 is 38.6 Å². The minimum atomic E-state index is -3.21. The van der Waals surface area contributed by atoms with E-state index in [4.69, 9.17) is 0 Å². The van der Waals surface area contributed by atoms with E-state index in [0.717, 1.165) is 10.4 Å². The first-order valence-corrected chi connectivity index (χ1v) is 12.0. The van der Waals surface area contributed by atoms with Crippen molar-refractivity contribution in [1.82, 2.24) is 9.62 Å². The third-order valence-electron chi connectivity index (χ3n) is 4.74. The number of aliphatic hydroxyl groups is 1. The highest BCUT2D eigenvalue weighted by molar-refractivity contribution is 7.88. The van der Waals surface area contributed by atoms with E-state index in [1.54, 1.807) is 0 Å². The predicted molar refractivity (Wildman–Crippen MR) is 104 cm³/mol. The Morgan fingerprint density at radius 2 is 2.08 bits per heavy atom. The molecule has 2 N–H and O–H groups in total. The number of piperidine rings is 1. The van der Waals surface area contributed by atoms with E-state index in [0.29, 0.717) is 25.9 Å². The maximum absolute atomic E-state index is 12.6. The number of carbonyl (C=O) groups excluding carboxylic acids is 1. The summed E-state index contributed by atoms with van der Waals surface area (Å²) in [5.74, 6) is -0.369. The van der Waals surface area contributed by atoms with Gasteiger partial charge in [-0.05, 0) is 41.1 Å². The van der Waals surface area contributed by atoms with Crippen molar-refractivity contribution in [3.8, 4) is 0 Å². The second-order valence-corrected chi connectivity index (χ2v) is 10.2. The van der Waals surface area contributed by atoms with Crippen LogP contribution in [-0.4, -0.2) is 49.6 Å². The molecule has 0 aromatic carbocycles. The fourth-order valence-electron chi connectivity index (χ4n) is 3.15. The molecule has 3 heterocycles. The molecule has 6 nitrogen and oxygen atoms in total. The van der Waals surface area contributed by atoms with Gasteiger partial charge >= 0.3 is 0 Å². The maximum Gasteiger partial charge on any atom is 0.223 e. The minimum absolute atomic E-state index is 0.0926. The van der Waals surface area contributed by atoms with Gasteiger partial charge in [-0.2, -0.15) is 11.3 Å². The number of carbonyl (C=O) groups is 1. The van der Waals surface area contributed by atoms with Crippen LogP contribution < -0.4 is 5.32 Å². The fourth-order valence-corrected chi connectivity index (χ4v) is 5.60. The zero-order chi connectivity index (χ0) is 18.8. The monoisotopic (exact) mass is 414 g/mol. The summed E-state index contributed by atoms with van der Waals surface area (Å²) in [6, 6.07) is 5.60. The van der Waals surface area contributed by atoms with Gasteiger partial charge in [-0.25, -0.2) is 12.7 Å². The smallest absolute Gasteiger partial charge is 0.223 e. The highest BCUT2D eigenvalue weighted by Gasteiger charge is 2.35. The Morgan fingerprint density at radius 3 is 2.62 bits per heavy atom. The molecule has 3 rings (SSSR count). The Bertz CT molecular complexity index is 789.